The van der Waals surface area contributed by atoms with Gasteiger partial charge in [0.05, 0.1) is 5.02 Å². The number of halogens is 1. The minimum Gasteiger partial charge on any atom is -0.486 e. The van der Waals surface area contributed by atoms with Crippen LogP contribution in [0.5, 0.6) is 11.5 Å². The summed E-state index contributed by atoms with van der Waals surface area (Å²) in [7, 11) is 0. The number of rotatable bonds is 5. The van der Waals surface area contributed by atoms with Crippen LogP contribution >= 0.6 is 11.6 Å². The van der Waals surface area contributed by atoms with E-state index >= 15 is 0 Å². The van der Waals surface area contributed by atoms with Crippen molar-refractivity contribution >= 4 is 29.5 Å². The first-order valence-corrected chi connectivity index (χ1v) is 8.84. The lowest BCUT2D eigenvalue weighted by Crippen LogP contribution is -2.32. The average molecular weight is 365 g/mol. The van der Waals surface area contributed by atoms with Gasteiger partial charge in [0.1, 0.15) is 13.2 Å². The Balaban J connectivity index is 1.49. The summed E-state index contributed by atoms with van der Waals surface area (Å²) in [6, 6.07) is 3.50. The third kappa shape index (κ3) is 4.66. The van der Waals surface area contributed by atoms with Gasteiger partial charge < -0.3 is 19.7 Å². The molecule has 0 unspecified atom stereocenters. The summed E-state index contributed by atoms with van der Waals surface area (Å²) in [5.74, 6) is 0.964. The molecule has 0 bridgehead atoms. The number of likely N-dealkylation sites (tertiary alicyclic amines) is 1. The van der Waals surface area contributed by atoms with Gasteiger partial charge in [-0.05, 0) is 36.6 Å². The average Bonchev–Trinajstić information content (AvgIpc) is 3.15. The summed E-state index contributed by atoms with van der Waals surface area (Å²) in [6.07, 6.45) is 5.54. The van der Waals surface area contributed by atoms with Crippen molar-refractivity contribution in [2.45, 2.75) is 19.3 Å². The highest BCUT2D eigenvalue weighted by Crippen LogP contribution is 2.38. The van der Waals surface area contributed by atoms with Gasteiger partial charge in [-0.2, -0.15) is 0 Å². The number of fused-ring (bicyclic) bond motifs is 1. The molecule has 1 fully saturated rings. The fourth-order valence-corrected chi connectivity index (χ4v) is 3.15. The molecule has 25 heavy (non-hydrogen) atoms. The van der Waals surface area contributed by atoms with Gasteiger partial charge in [0.15, 0.2) is 11.5 Å². The van der Waals surface area contributed by atoms with Gasteiger partial charge in [0.2, 0.25) is 11.8 Å². The van der Waals surface area contributed by atoms with E-state index in [9.17, 15) is 9.59 Å². The van der Waals surface area contributed by atoms with Crippen LogP contribution in [0.2, 0.25) is 5.02 Å². The molecular formula is C18H21ClN2O4. The largest absolute Gasteiger partial charge is 0.486 e. The number of hydrogen-bond donors (Lipinski definition) is 1. The molecule has 6 nitrogen and oxygen atoms in total. The van der Waals surface area contributed by atoms with Crippen LogP contribution in [-0.2, 0) is 9.59 Å². The second kappa shape index (κ2) is 8.25. The normalized spacial score (nSPS) is 16.3. The molecule has 2 aliphatic rings. The van der Waals surface area contributed by atoms with Crippen molar-refractivity contribution in [2.75, 3.05) is 32.8 Å². The summed E-state index contributed by atoms with van der Waals surface area (Å²) >= 11 is 6.16. The van der Waals surface area contributed by atoms with Gasteiger partial charge in [0.25, 0.3) is 0 Å². The predicted octanol–water partition coefficient (Wildman–Crippen LogP) is 2.25. The first-order chi connectivity index (χ1) is 12.1. The van der Waals surface area contributed by atoms with E-state index in [1.807, 2.05) is 4.90 Å². The maximum absolute atomic E-state index is 11.9. The molecule has 0 spiro atoms. The molecule has 0 saturated carbocycles. The predicted molar refractivity (Wildman–Crippen MR) is 94.9 cm³/mol. The molecule has 7 heteroatoms. The number of benzene rings is 1. The van der Waals surface area contributed by atoms with Crippen molar-refractivity contribution in [3.05, 3.63) is 28.8 Å². The number of carbonyl (C=O) groups is 2. The lowest BCUT2D eigenvalue weighted by Gasteiger charge is -2.19. The van der Waals surface area contributed by atoms with E-state index < -0.39 is 0 Å². The molecule has 1 saturated heterocycles. The van der Waals surface area contributed by atoms with Crippen molar-refractivity contribution in [2.24, 2.45) is 0 Å². The van der Waals surface area contributed by atoms with Gasteiger partial charge in [0, 0.05) is 32.1 Å². The molecule has 0 aromatic heterocycles. The summed E-state index contributed by atoms with van der Waals surface area (Å²) < 4.78 is 11.0. The first-order valence-electron chi connectivity index (χ1n) is 8.46. The Morgan fingerprint density at radius 2 is 1.96 bits per heavy atom. The van der Waals surface area contributed by atoms with Crippen LogP contribution in [0.25, 0.3) is 6.08 Å². The number of amides is 2. The zero-order valence-electron chi connectivity index (χ0n) is 13.9. The maximum atomic E-state index is 11.9. The maximum Gasteiger partial charge on any atom is 0.244 e. The van der Waals surface area contributed by atoms with Crippen LogP contribution in [0.15, 0.2) is 18.2 Å². The monoisotopic (exact) mass is 364 g/mol. The van der Waals surface area contributed by atoms with Gasteiger partial charge in [-0.15, -0.1) is 0 Å². The Morgan fingerprint density at radius 1 is 1.20 bits per heavy atom. The molecule has 2 heterocycles. The summed E-state index contributed by atoms with van der Waals surface area (Å²) in [6.45, 7) is 2.94. The molecule has 3 rings (SSSR count). The molecule has 134 valence electrons. The Kier molecular flexibility index (Phi) is 5.81. The number of nitrogens with one attached hydrogen (secondary N) is 1. The first kappa shape index (κ1) is 17.6. The third-order valence-corrected chi connectivity index (χ3v) is 4.42. The van der Waals surface area contributed by atoms with Crippen LogP contribution in [0, 0.1) is 0 Å². The van der Waals surface area contributed by atoms with Gasteiger partial charge in [-0.3, -0.25) is 9.59 Å². The van der Waals surface area contributed by atoms with Gasteiger partial charge >= 0.3 is 0 Å². The zero-order chi connectivity index (χ0) is 17.6. The topological polar surface area (TPSA) is 67.9 Å². The van der Waals surface area contributed by atoms with Crippen molar-refractivity contribution in [1.29, 1.82) is 0 Å². The highest BCUT2D eigenvalue weighted by Gasteiger charge is 2.17. The second-order valence-electron chi connectivity index (χ2n) is 5.99. The molecule has 1 aromatic carbocycles. The number of ether oxygens (including phenoxy) is 2. The summed E-state index contributed by atoms with van der Waals surface area (Å²) in [5, 5.41) is 3.17. The SMILES string of the molecule is O=C(/C=C/c1cc(Cl)c2c(c1)OCCO2)NCCC(=O)N1CCCC1. The molecule has 1 aromatic rings. The number of carbonyl (C=O) groups excluding carboxylic acids is 2. The fraction of sp³-hybridized carbons (Fsp3) is 0.444. The van der Waals surface area contributed by atoms with Gasteiger partial charge in [-0.1, -0.05) is 11.6 Å². The zero-order valence-corrected chi connectivity index (χ0v) is 14.7. The van der Waals surface area contributed by atoms with E-state index in [1.54, 1.807) is 18.2 Å². The Hall–Kier alpha value is -2.21. The third-order valence-electron chi connectivity index (χ3n) is 4.14. The smallest absolute Gasteiger partial charge is 0.244 e. The van der Waals surface area contributed by atoms with Gasteiger partial charge in [-0.25, -0.2) is 0 Å². The Labute approximate surface area is 151 Å². The molecule has 2 aliphatic heterocycles. The van der Waals surface area contributed by atoms with Crippen molar-refractivity contribution in [1.82, 2.24) is 10.2 Å². The van der Waals surface area contributed by atoms with E-state index in [-0.39, 0.29) is 11.8 Å². The van der Waals surface area contributed by atoms with Crippen molar-refractivity contribution in [3.63, 3.8) is 0 Å². The summed E-state index contributed by atoms with van der Waals surface area (Å²) in [5.41, 5.74) is 0.748. The van der Waals surface area contributed by atoms with Crippen LogP contribution < -0.4 is 14.8 Å². The Morgan fingerprint density at radius 3 is 2.76 bits per heavy atom. The molecule has 0 atom stereocenters. The second-order valence-corrected chi connectivity index (χ2v) is 6.40. The molecular weight excluding hydrogens is 344 g/mol. The highest BCUT2D eigenvalue weighted by molar-refractivity contribution is 6.32. The quantitative estimate of drug-likeness (QED) is 0.814. The van der Waals surface area contributed by atoms with Crippen molar-refractivity contribution < 1.29 is 19.1 Å². The Bertz CT molecular complexity index is 684. The number of hydrogen-bond acceptors (Lipinski definition) is 4. The van der Waals surface area contributed by atoms with E-state index in [0.29, 0.717) is 42.7 Å². The lowest BCUT2D eigenvalue weighted by molar-refractivity contribution is -0.130. The minimum atomic E-state index is -0.250. The molecule has 0 radical (unpaired) electrons. The van der Waals surface area contributed by atoms with E-state index in [2.05, 4.69) is 5.32 Å². The number of nitrogens with zero attached hydrogens (tertiary/aromatic N) is 1. The van der Waals surface area contributed by atoms with Crippen LogP contribution in [-0.4, -0.2) is 49.6 Å². The molecule has 2 amide bonds. The van der Waals surface area contributed by atoms with Crippen LogP contribution in [0.3, 0.4) is 0 Å². The van der Waals surface area contributed by atoms with E-state index in [4.69, 9.17) is 21.1 Å². The summed E-state index contributed by atoms with van der Waals surface area (Å²) in [4.78, 5) is 25.6. The molecule has 1 N–H and O–H groups in total. The van der Waals surface area contributed by atoms with E-state index in [0.717, 1.165) is 31.5 Å². The van der Waals surface area contributed by atoms with E-state index in [1.165, 1.54) is 6.08 Å². The van der Waals surface area contributed by atoms with Crippen LogP contribution in [0.4, 0.5) is 0 Å². The fourth-order valence-electron chi connectivity index (χ4n) is 2.88. The van der Waals surface area contributed by atoms with Crippen LogP contribution in [0.1, 0.15) is 24.8 Å². The lowest BCUT2D eigenvalue weighted by atomic mass is 10.1. The highest BCUT2D eigenvalue weighted by atomic mass is 35.5. The van der Waals surface area contributed by atoms with Crippen molar-refractivity contribution in [3.8, 4) is 11.5 Å². The molecule has 0 aliphatic carbocycles. The standard InChI is InChI=1S/C18H21ClN2O4/c19-14-11-13(12-15-18(14)25-10-9-24-15)3-4-16(22)20-6-5-17(23)21-7-1-2-8-21/h3-4,11-12H,1-2,5-10H2,(H,20,22)/b4-3+. The minimum absolute atomic E-state index is 0.0976.